The topological polar surface area (TPSA) is 57.8 Å². The average molecular weight is 281 g/mol. The number of nitrogens with zero attached hydrogens (tertiary/aromatic N) is 1. The maximum atomic E-state index is 13.5. The van der Waals surface area contributed by atoms with Gasteiger partial charge in [0.25, 0.3) is 5.91 Å². The van der Waals surface area contributed by atoms with Gasteiger partial charge in [-0.2, -0.15) is 5.10 Å². The Kier molecular flexibility index (Phi) is 3.47. The van der Waals surface area contributed by atoms with Crippen molar-refractivity contribution in [3.8, 4) is 11.3 Å². The molecule has 0 aliphatic heterocycles. The number of carbonyl (C=O) groups excluding carboxylic acids is 1. The lowest BCUT2D eigenvalue weighted by molar-refractivity contribution is 0.102. The van der Waals surface area contributed by atoms with Crippen LogP contribution in [0.15, 0.2) is 60.8 Å². The molecule has 2 N–H and O–H groups in total. The normalized spacial score (nSPS) is 10.3. The van der Waals surface area contributed by atoms with Gasteiger partial charge in [0.1, 0.15) is 5.82 Å². The van der Waals surface area contributed by atoms with Crippen LogP contribution in [0.1, 0.15) is 10.4 Å². The molecule has 0 aliphatic carbocycles. The van der Waals surface area contributed by atoms with E-state index < -0.39 is 11.7 Å². The highest BCUT2D eigenvalue weighted by Gasteiger charge is 2.10. The highest BCUT2D eigenvalue weighted by Crippen LogP contribution is 2.19. The molecule has 0 aliphatic rings. The highest BCUT2D eigenvalue weighted by atomic mass is 19.1. The van der Waals surface area contributed by atoms with Crippen LogP contribution in [-0.2, 0) is 0 Å². The molecule has 0 fully saturated rings. The molecule has 1 heterocycles. The first-order valence-electron chi connectivity index (χ1n) is 6.40. The Bertz CT molecular complexity index is 751. The molecule has 5 heteroatoms. The largest absolute Gasteiger partial charge is 0.322 e. The van der Waals surface area contributed by atoms with Gasteiger partial charge >= 0.3 is 0 Å². The van der Waals surface area contributed by atoms with Crippen LogP contribution in [-0.4, -0.2) is 16.1 Å². The summed E-state index contributed by atoms with van der Waals surface area (Å²) in [7, 11) is 0. The fraction of sp³-hybridized carbons (Fsp3) is 0. The molecule has 21 heavy (non-hydrogen) atoms. The number of hydrogen-bond acceptors (Lipinski definition) is 2. The number of anilines is 1. The van der Waals surface area contributed by atoms with Gasteiger partial charge in [-0.3, -0.25) is 9.89 Å². The molecule has 104 valence electrons. The molecule has 3 rings (SSSR count). The second kappa shape index (κ2) is 5.58. The van der Waals surface area contributed by atoms with Gasteiger partial charge in [0.15, 0.2) is 0 Å². The van der Waals surface area contributed by atoms with Gasteiger partial charge in [0, 0.05) is 11.9 Å². The number of rotatable bonds is 3. The molecule has 0 unspecified atom stereocenters. The van der Waals surface area contributed by atoms with Crippen LogP contribution < -0.4 is 5.32 Å². The van der Waals surface area contributed by atoms with E-state index in [0.29, 0.717) is 5.69 Å². The number of halogens is 1. The van der Waals surface area contributed by atoms with Crippen LogP contribution in [0.5, 0.6) is 0 Å². The van der Waals surface area contributed by atoms with Crippen molar-refractivity contribution in [3.05, 3.63) is 72.2 Å². The fourth-order valence-electron chi connectivity index (χ4n) is 1.99. The summed E-state index contributed by atoms with van der Waals surface area (Å²) in [6.45, 7) is 0. The van der Waals surface area contributed by atoms with E-state index in [4.69, 9.17) is 0 Å². The number of nitrogens with one attached hydrogen (secondary N) is 2. The predicted octanol–water partition coefficient (Wildman–Crippen LogP) is 3.47. The lowest BCUT2D eigenvalue weighted by Crippen LogP contribution is -2.13. The quantitative estimate of drug-likeness (QED) is 0.772. The number of H-pyrrole nitrogens is 1. The van der Waals surface area contributed by atoms with E-state index in [0.717, 1.165) is 11.3 Å². The predicted molar refractivity (Wildman–Crippen MR) is 78.4 cm³/mol. The van der Waals surface area contributed by atoms with E-state index in [1.54, 1.807) is 30.5 Å². The van der Waals surface area contributed by atoms with Crippen molar-refractivity contribution in [1.29, 1.82) is 0 Å². The molecule has 0 atom stereocenters. The molecule has 4 nitrogen and oxygen atoms in total. The van der Waals surface area contributed by atoms with Crippen LogP contribution in [0.4, 0.5) is 10.1 Å². The maximum Gasteiger partial charge on any atom is 0.258 e. The molecular formula is C16H12FN3O. The molecular weight excluding hydrogens is 269 g/mol. The van der Waals surface area contributed by atoms with Crippen molar-refractivity contribution >= 4 is 11.6 Å². The van der Waals surface area contributed by atoms with Crippen molar-refractivity contribution < 1.29 is 9.18 Å². The minimum Gasteiger partial charge on any atom is -0.322 e. The summed E-state index contributed by atoms with van der Waals surface area (Å²) in [6.07, 6.45) is 1.67. The van der Waals surface area contributed by atoms with Crippen LogP contribution in [0.2, 0.25) is 0 Å². The van der Waals surface area contributed by atoms with E-state index in [9.17, 15) is 9.18 Å². The van der Waals surface area contributed by atoms with Gasteiger partial charge in [-0.25, -0.2) is 4.39 Å². The Balaban J connectivity index is 1.77. The molecule has 1 aromatic heterocycles. The standard InChI is InChI=1S/C16H12FN3O/c17-14-4-2-1-3-13(14)16(21)19-12-7-5-11(6-8-12)15-9-10-18-20-15/h1-10H,(H,18,20)(H,19,21). The van der Waals surface area contributed by atoms with Crippen molar-refractivity contribution in [2.75, 3.05) is 5.32 Å². The Morgan fingerprint density at radius 2 is 1.81 bits per heavy atom. The summed E-state index contributed by atoms with van der Waals surface area (Å²) in [5.74, 6) is -1.01. The second-order valence-corrected chi connectivity index (χ2v) is 4.48. The summed E-state index contributed by atoms with van der Waals surface area (Å²) in [5.41, 5.74) is 2.47. The summed E-state index contributed by atoms with van der Waals surface area (Å²) >= 11 is 0. The van der Waals surface area contributed by atoms with E-state index in [2.05, 4.69) is 15.5 Å². The zero-order chi connectivity index (χ0) is 14.7. The summed E-state index contributed by atoms with van der Waals surface area (Å²) in [4.78, 5) is 12.0. The Morgan fingerprint density at radius 3 is 2.48 bits per heavy atom. The summed E-state index contributed by atoms with van der Waals surface area (Å²) in [5, 5.41) is 9.41. The van der Waals surface area contributed by atoms with E-state index in [1.165, 1.54) is 12.1 Å². The Hall–Kier alpha value is -2.95. The lowest BCUT2D eigenvalue weighted by atomic mass is 10.1. The van der Waals surface area contributed by atoms with Crippen molar-refractivity contribution in [3.63, 3.8) is 0 Å². The Morgan fingerprint density at radius 1 is 1.05 bits per heavy atom. The second-order valence-electron chi connectivity index (χ2n) is 4.48. The molecule has 0 saturated heterocycles. The molecule has 1 amide bonds. The number of amides is 1. The molecule has 0 bridgehead atoms. The zero-order valence-electron chi connectivity index (χ0n) is 11.0. The Labute approximate surface area is 120 Å². The molecule has 0 radical (unpaired) electrons. The monoisotopic (exact) mass is 281 g/mol. The number of carbonyl (C=O) groups is 1. The van der Waals surface area contributed by atoms with Gasteiger partial charge in [-0.1, -0.05) is 24.3 Å². The molecule has 0 spiro atoms. The third kappa shape index (κ3) is 2.81. The number of aromatic amines is 1. The zero-order valence-corrected chi connectivity index (χ0v) is 11.0. The third-order valence-electron chi connectivity index (χ3n) is 3.07. The molecule has 0 saturated carbocycles. The van der Waals surface area contributed by atoms with Gasteiger partial charge < -0.3 is 5.32 Å². The summed E-state index contributed by atoms with van der Waals surface area (Å²) in [6, 6.07) is 15.0. The lowest BCUT2D eigenvalue weighted by Gasteiger charge is -2.06. The van der Waals surface area contributed by atoms with Crippen molar-refractivity contribution in [2.45, 2.75) is 0 Å². The molecule has 2 aromatic carbocycles. The SMILES string of the molecule is O=C(Nc1ccc(-c2ccn[nH]2)cc1)c1ccccc1F. The average Bonchev–Trinajstić information content (AvgIpc) is 3.02. The smallest absolute Gasteiger partial charge is 0.258 e. The van der Waals surface area contributed by atoms with E-state index >= 15 is 0 Å². The maximum absolute atomic E-state index is 13.5. The van der Waals surface area contributed by atoms with E-state index in [-0.39, 0.29) is 5.56 Å². The molecule has 3 aromatic rings. The van der Waals surface area contributed by atoms with E-state index in [1.807, 2.05) is 18.2 Å². The van der Waals surface area contributed by atoms with Gasteiger partial charge in [-0.15, -0.1) is 0 Å². The minimum atomic E-state index is -0.538. The van der Waals surface area contributed by atoms with Gasteiger partial charge in [0.05, 0.1) is 11.3 Å². The third-order valence-corrected chi connectivity index (χ3v) is 3.07. The van der Waals surface area contributed by atoms with Crippen LogP contribution in [0, 0.1) is 5.82 Å². The van der Waals surface area contributed by atoms with Crippen LogP contribution >= 0.6 is 0 Å². The first-order chi connectivity index (χ1) is 10.2. The van der Waals surface area contributed by atoms with Crippen LogP contribution in [0.25, 0.3) is 11.3 Å². The van der Waals surface area contributed by atoms with Crippen LogP contribution in [0.3, 0.4) is 0 Å². The first kappa shape index (κ1) is 13.1. The number of aromatic nitrogens is 2. The highest BCUT2D eigenvalue weighted by molar-refractivity contribution is 6.04. The first-order valence-corrected chi connectivity index (χ1v) is 6.40. The van der Waals surface area contributed by atoms with Gasteiger partial charge in [0.2, 0.25) is 0 Å². The summed E-state index contributed by atoms with van der Waals surface area (Å²) < 4.78 is 13.5. The number of hydrogen-bond donors (Lipinski definition) is 2. The fourth-order valence-corrected chi connectivity index (χ4v) is 1.99. The van der Waals surface area contributed by atoms with Crippen molar-refractivity contribution in [1.82, 2.24) is 10.2 Å². The van der Waals surface area contributed by atoms with Gasteiger partial charge in [-0.05, 0) is 35.9 Å². The van der Waals surface area contributed by atoms with Crippen molar-refractivity contribution in [2.24, 2.45) is 0 Å². The minimum absolute atomic E-state index is 0.0233. The number of benzene rings is 2.